The lowest BCUT2D eigenvalue weighted by Gasteiger charge is -2.28. The summed E-state index contributed by atoms with van der Waals surface area (Å²) in [5.41, 5.74) is 0.417. The number of halogens is 1. The Hall–Kier alpha value is -0.410. The van der Waals surface area contributed by atoms with Gasteiger partial charge in [0.15, 0.2) is 0 Å². The molecule has 2 aromatic rings. The van der Waals surface area contributed by atoms with Crippen LogP contribution in [-0.4, -0.2) is 39.8 Å². The van der Waals surface area contributed by atoms with Crippen molar-refractivity contribution in [2.45, 2.75) is 37.6 Å². The Labute approximate surface area is 135 Å². The predicted octanol–water partition coefficient (Wildman–Crippen LogP) is 2.51. The summed E-state index contributed by atoms with van der Waals surface area (Å²) in [4.78, 5) is 7.85. The number of nitrogens with zero attached hydrogens (tertiary/aromatic N) is 4. The van der Waals surface area contributed by atoms with Crippen molar-refractivity contribution in [3.05, 3.63) is 9.90 Å². The zero-order valence-corrected chi connectivity index (χ0v) is 14.3. The number of imidazole rings is 1. The standard InChI is InChI=1S/C13H18IN5S/c14-10-9-15-11-19(10)17-12(20-11)18-7-2-4-13(5-8-18)3-1-6-16-13/h9,16H,1-8H2. The van der Waals surface area contributed by atoms with Gasteiger partial charge in [-0.1, -0.05) is 11.3 Å². The van der Waals surface area contributed by atoms with Gasteiger partial charge in [-0.2, -0.15) is 4.52 Å². The Morgan fingerprint density at radius 2 is 2.15 bits per heavy atom. The van der Waals surface area contributed by atoms with Crippen molar-refractivity contribution in [1.82, 2.24) is 19.9 Å². The molecule has 2 aliphatic heterocycles. The monoisotopic (exact) mass is 403 g/mol. The van der Waals surface area contributed by atoms with Gasteiger partial charge in [0.25, 0.3) is 0 Å². The second-order valence-electron chi connectivity index (χ2n) is 5.81. The van der Waals surface area contributed by atoms with E-state index in [0.717, 1.165) is 26.9 Å². The Kier molecular flexibility index (Phi) is 3.38. The summed E-state index contributed by atoms with van der Waals surface area (Å²) in [7, 11) is 0. The van der Waals surface area contributed by atoms with Gasteiger partial charge in [0, 0.05) is 18.6 Å². The van der Waals surface area contributed by atoms with Crippen LogP contribution in [0.5, 0.6) is 0 Å². The molecule has 2 fully saturated rings. The van der Waals surface area contributed by atoms with E-state index < -0.39 is 0 Å². The molecular weight excluding hydrogens is 385 g/mol. The van der Waals surface area contributed by atoms with Gasteiger partial charge < -0.3 is 10.2 Å². The second-order valence-corrected chi connectivity index (χ2v) is 7.85. The van der Waals surface area contributed by atoms with Crippen LogP contribution in [0.15, 0.2) is 6.20 Å². The summed E-state index contributed by atoms with van der Waals surface area (Å²) in [6.07, 6.45) is 8.37. The minimum absolute atomic E-state index is 0.417. The van der Waals surface area contributed by atoms with Crippen LogP contribution in [0.25, 0.3) is 4.96 Å². The lowest BCUT2D eigenvalue weighted by Crippen LogP contribution is -2.40. The third-order valence-corrected chi connectivity index (χ3v) is 6.30. The average molecular weight is 403 g/mol. The molecule has 4 rings (SSSR count). The Morgan fingerprint density at radius 1 is 1.25 bits per heavy atom. The Morgan fingerprint density at radius 3 is 2.95 bits per heavy atom. The van der Waals surface area contributed by atoms with E-state index in [4.69, 9.17) is 5.10 Å². The van der Waals surface area contributed by atoms with E-state index in [1.54, 1.807) is 11.3 Å². The summed E-state index contributed by atoms with van der Waals surface area (Å²) in [6.45, 7) is 3.43. The number of hydrogen-bond donors (Lipinski definition) is 1. The van der Waals surface area contributed by atoms with E-state index >= 15 is 0 Å². The van der Waals surface area contributed by atoms with Gasteiger partial charge in [-0.25, -0.2) is 4.98 Å². The molecule has 0 bridgehead atoms. The highest BCUT2D eigenvalue weighted by molar-refractivity contribution is 14.1. The molecule has 0 radical (unpaired) electrons. The topological polar surface area (TPSA) is 45.5 Å². The number of nitrogens with one attached hydrogen (secondary N) is 1. The average Bonchev–Trinajstić information content (AvgIpc) is 3.09. The normalized spacial score (nSPS) is 27.6. The van der Waals surface area contributed by atoms with Crippen molar-refractivity contribution >= 4 is 44.0 Å². The van der Waals surface area contributed by atoms with Crippen molar-refractivity contribution in [3.8, 4) is 0 Å². The molecule has 4 heterocycles. The van der Waals surface area contributed by atoms with Crippen LogP contribution in [0.2, 0.25) is 0 Å². The van der Waals surface area contributed by atoms with E-state index in [2.05, 4.69) is 37.8 Å². The lowest BCUT2D eigenvalue weighted by molar-refractivity contribution is 0.338. The summed E-state index contributed by atoms with van der Waals surface area (Å²) >= 11 is 3.99. The van der Waals surface area contributed by atoms with Crippen molar-refractivity contribution in [1.29, 1.82) is 0 Å². The van der Waals surface area contributed by atoms with E-state index in [0.29, 0.717) is 5.54 Å². The maximum absolute atomic E-state index is 4.72. The van der Waals surface area contributed by atoms with E-state index in [1.807, 2.05) is 10.7 Å². The fraction of sp³-hybridized carbons (Fsp3) is 0.692. The van der Waals surface area contributed by atoms with Gasteiger partial charge in [-0.05, 0) is 61.2 Å². The highest BCUT2D eigenvalue weighted by Crippen LogP contribution is 2.33. The maximum Gasteiger partial charge on any atom is 0.214 e. The zero-order chi connectivity index (χ0) is 13.6. The highest BCUT2D eigenvalue weighted by atomic mass is 127. The molecule has 0 saturated carbocycles. The Bertz CT molecular complexity index is 615. The first-order chi connectivity index (χ1) is 9.76. The Balaban J connectivity index is 1.56. The molecule has 5 nitrogen and oxygen atoms in total. The van der Waals surface area contributed by atoms with Crippen molar-refractivity contribution in [2.24, 2.45) is 0 Å². The molecule has 0 aromatic carbocycles. The first kappa shape index (κ1) is 13.3. The molecule has 0 aliphatic carbocycles. The van der Waals surface area contributed by atoms with E-state index in [1.165, 1.54) is 38.6 Å². The third kappa shape index (κ3) is 2.23. The van der Waals surface area contributed by atoms with E-state index in [-0.39, 0.29) is 0 Å². The molecule has 2 aliphatic rings. The second kappa shape index (κ2) is 5.10. The summed E-state index contributed by atoms with van der Waals surface area (Å²) < 4.78 is 3.04. The number of rotatable bonds is 1. The van der Waals surface area contributed by atoms with Crippen LogP contribution < -0.4 is 10.2 Å². The zero-order valence-electron chi connectivity index (χ0n) is 11.3. The van der Waals surface area contributed by atoms with Gasteiger partial charge in [0.05, 0.1) is 6.20 Å². The lowest BCUT2D eigenvalue weighted by atomic mass is 9.89. The smallest absolute Gasteiger partial charge is 0.214 e. The van der Waals surface area contributed by atoms with Gasteiger partial charge >= 0.3 is 0 Å². The largest absolute Gasteiger partial charge is 0.347 e. The van der Waals surface area contributed by atoms with Gasteiger partial charge in [-0.3, -0.25) is 0 Å². The fourth-order valence-corrected chi connectivity index (χ4v) is 5.03. The van der Waals surface area contributed by atoms with E-state index in [9.17, 15) is 0 Å². The van der Waals surface area contributed by atoms with Crippen LogP contribution in [0.1, 0.15) is 32.1 Å². The van der Waals surface area contributed by atoms with Crippen LogP contribution in [0, 0.1) is 3.70 Å². The highest BCUT2D eigenvalue weighted by Gasteiger charge is 2.35. The fourth-order valence-electron chi connectivity index (χ4n) is 3.47. The SMILES string of the molecule is Ic1cnc2sc(N3CCCC4(CCCN4)CC3)nn12. The van der Waals surface area contributed by atoms with Crippen LogP contribution in [0.4, 0.5) is 5.13 Å². The first-order valence-corrected chi connectivity index (χ1v) is 9.15. The maximum atomic E-state index is 4.72. The molecule has 2 saturated heterocycles. The molecule has 1 N–H and O–H groups in total. The quantitative estimate of drug-likeness (QED) is 0.744. The predicted molar refractivity (Wildman–Crippen MR) is 89.6 cm³/mol. The molecule has 1 unspecified atom stereocenters. The van der Waals surface area contributed by atoms with Gasteiger partial charge in [0.1, 0.15) is 3.70 Å². The minimum Gasteiger partial charge on any atom is -0.347 e. The first-order valence-electron chi connectivity index (χ1n) is 7.26. The number of fused-ring (bicyclic) bond motifs is 1. The molecular formula is C13H18IN5S. The summed E-state index contributed by atoms with van der Waals surface area (Å²) in [5, 5.41) is 9.60. The molecule has 7 heteroatoms. The number of aromatic nitrogens is 3. The molecule has 108 valence electrons. The van der Waals surface area contributed by atoms with Crippen molar-refractivity contribution < 1.29 is 0 Å². The van der Waals surface area contributed by atoms with Gasteiger partial charge in [0.2, 0.25) is 10.1 Å². The number of hydrogen-bond acceptors (Lipinski definition) is 5. The molecule has 2 aromatic heterocycles. The van der Waals surface area contributed by atoms with Crippen LogP contribution >= 0.6 is 33.9 Å². The van der Waals surface area contributed by atoms with Crippen molar-refractivity contribution in [3.63, 3.8) is 0 Å². The molecule has 1 atom stereocenters. The molecule has 0 amide bonds. The minimum atomic E-state index is 0.417. The van der Waals surface area contributed by atoms with Crippen LogP contribution in [-0.2, 0) is 0 Å². The van der Waals surface area contributed by atoms with Crippen LogP contribution in [0.3, 0.4) is 0 Å². The molecule has 1 spiro atoms. The summed E-state index contributed by atoms with van der Waals surface area (Å²) in [6, 6.07) is 0. The summed E-state index contributed by atoms with van der Waals surface area (Å²) in [5.74, 6) is 0. The third-order valence-electron chi connectivity index (χ3n) is 4.58. The number of anilines is 1. The van der Waals surface area contributed by atoms with Gasteiger partial charge in [-0.15, -0.1) is 5.10 Å². The molecule has 20 heavy (non-hydrogen) atoms. The van der Waals surface area contributed by atoms with Crippen molar-refractivity contribution in [2.75, 3.05) is 24.5 Å².